The number of esters is 1. The molecule has 1 aromatic heterocycles. The van der Waals surface area contributed by atoms with Gasteiger partial charge in [-0.25, -0.2) is 9.97 Å². The summed E-state index contributed by atoms with van der Waals surface area (Å²) in [6.45, 7) is 9.14. The molecule has 0 amide bonds. The van der Waals surface area contributed by atoms with Gasteiger partial charge in [0.2, 0.25) is 5.95 Å². The number of hydrogen-bond donors (Lipinski definition) is 0. The Labute approximate surface area is 178 Å². The topological polar surface area (TPSA) is 71.1 Å². The molecular formula is C23H32N4O3. The van der Waals surface area contributed by atoms with Crippen LogP contribution in [0, 0.1) is 23.2 Å². The lowest BCUT2D eigenvalue weighted by atomic mass is 9.53. The molecule has 30 heavy (non-hydrogen) atoms. The van der Waals surface area contributed by atoms with Crippen molar-refractivity contribution in [3.8, 4) is 0 Å². The molecule has 6 rings (SSSR count). The second kappa shape index (κ2) is 6.63. The van der Waals surface area contributed by atoms with Crippen molar-refractivity contribution < 1.29 is 14.3 Å². The first-order valence-corrected chi connectivity index (χ1v) is 11.6. The highest BCUT2D eigenvalue weighted by atomic mass is 16.6. The van der Waals surface area contributed by atoms with Gasteiger partial charge in [-0.2, -0.15) is 0 Å². The average molecular weight is 413 g/mol. The van der Waals surface area contributed by atoms with Crippen molar-refractivity contribution in [2.75, 3.05) is 37.6 Å². The largest absolute Gasteiger partial charge is 0.462 e. The fourth-order valence-corrected chi connectivity index (χ4v) is 7.31. The molecule has 162 valence electrons. The summed E-state index contributed by atoms with van der Waals surface area (Å²) in [5.74, 6) is 1.54. The number of rotatable bonds is 3. The quantitative estimate of drug-likeness (QED) is 0.556. The van der Waals surface area contributed by atoms with Crippen molar-refractivity contribution in [3.05, 3.63) is 18.5 Å². The van der Waals surface area contributed by atoms with E-state index in [0.29, 0.717) is 5.92 Å². The molecule has 0 aromatic carbocycles. The first-order valence-electron chi connectivity index (χ1n) is 11.6. The van der Waals surface area contributed by atoms with Crippen LogP contribution in [-0.2, 0) is 14.3 Å². The van der Waals surface area contributed by atoms with Crippen LogP contribution in [0.5, 0.6) is 0 Å². The van der Waals surface area contributed by atoms with Crippen LogP contribution in [0.4, 0.5) is 5.95 Å². The number of aromatic nitrogens is 2. The Morgan fingerprint density at radius 1 is 1.20 bits per heavy atom. The third-order valence-electron chi connectivity index (χ3n) is 8.86. The summed E-state index contributed by atoms with van der Waals surface area (Å²) in [7, 11) is 0. The van der Waals surface area contributed by atoms with Crippen LogP contribution in [0.3, 0.4) is 0 Å². The molecule has 2 aliphatic carbocycles. The molecule has 3 aliphatic heterocycles. The maximum Gasteiger partial charge on any atom is 0.311 e. The summed E-state index contributed by atoms with van der Waals surface area (Å²) in [5.41, 5.74) is 0.148. The van der Waals surface area contributed by atoms with E-state index in [4.69, 9.17) is 9.47 Å². The Morgan fingerprint density at radius 3 is 2.73 bits per heavy atom. The molecule has 7 nitrogen and oxygen atoms in total. The van der Waals surface area contributed by atoms with Gasteiger partial charge < -0.3 is 14.4 Å². The molecule has 7 heteroatoms. The maximum atomic E-state index is 12.9. The number of anilines is 1. The highest BCUT2D eigenvalue weighted by Gasteiger charge is 2.78. The van der Waals surface area contributed by atoms with E-state index in [1.54, 1.807) is 12.4 Å². The Morgan fingerprint density at radius 2 is 1.97 bits per heavy atom. The number of nitrogens with zero attached hydrogens (tertiary/aromatic N) is 4. The Bertz CT molecular complexity index is 829. The van der Waals surface area contributed by atoms with Gasteiger partial charge in [0, 0.05) is 56.5 Å². The number of carbonyl (C=O) groups is 1. The van der Waals surface area contributed by atoms with Gasteiger partial charge in [-0.3, -0.25) is 9.69 Å². The second-order valence-corrected chi connectivity index (χ2v) is 10.4. The van der Waals surface area contributed by atoms with Gasteiger partial charge in [-0.15, -0.1) is 0 Å². The van der Waals surface area contributed by atoms with Crippen molar-refractivity contribution >= 4 is 11.9 Å². The zero-order valence-corrected chi connectivity index (χ0v) is 18.0. The molecule has 0 N–H and O–H groups in total. The van der Waals surface area contributed by atoms with E-state index < -0.39 is 0 Å². The molecule has 7 atom stereocenters. The Hall–Kier alpha value is -1.73. The van der Waals surface area contributed by atoms with E-state index in [0.717, 1.165) is 45.1 Å². The average Bonchev–Trinajstić information content (AvgIpc) is 3.44. The van der Waals surface area contributed by atoms with E-state index in [1.165, 1.54) is 19.3 Å². The molecule has 0 unspecified atom stereocenters. The minimum Gasteiger partial charge on any atom is -0.462 e. The second-order valence-electron chi connectivity index (χ2n) is 10.4. The number of carbonyl (C=O) groups excluding carboxylic acids is 1. The van der Waals surface area contributed by atoms with Gasteiger partial charge in [-0.1, -0.05) is 20.3 Å². The fourth-order valence-electron chi connectivity index (χ4n) is 7.31. The lowest BCUT2D eigenvalue weighted by Crippen LogP contribution is -2.55. The first-order chi connectivity index (χ1) is 14.5. The van der Waals surface area contributed by atoms with Gasteiger partial charge in [0.1, 0.15) is 11.7 Å². The minimum absolute atomic E-state index is 0.000581. The monoisotopic (exact) mass is 412 g/mol. The predicted octanol–water partition coefficient (Wildman–Crippen LogP) is 2.12. The summed E-state index contributed by atoms with van der Waals surface area (Å²) >= 11 is 0. The molecule has 5 aliphatic rings. The number of piperazine rings is 1. The van der Waals surface area contributed by atoms with Crippen LogP contribution in [0.2, 0.25) is 0 Å². The highest BCUT2D eigenvalue weighted by Crippen LogP contribution is 2.70. The number of epoxide rings is 1. The SMILES string of the molecule is C[C@H]1CCC[C@]2(C)C[C@H]3OC(=O)[C@H](CN4CCN(c5ncccn5)CC4)[C@H]3[C@H]3O[C@@]312. The molecule has 0 radical (unpaired) electrons. The zero-order chi connectivity index (χ0) is 20.5. The summed E-state index contributed by atoms with van der Waals surface area (Å²) in [4.78, 5) is 26.3. The van der Waals surface area contributed by atoms with Crippen molar-refractivity contribution in [3.63, 3.8) is 0 Å². The molecule has 0 bridgehead atoms. The molecule has 1 aromatic rings. The van der Waals surface area contributed by atoms with E-state index in [1.807, 2.05) is 6.07 Å². The zero-order valence-electron chi connectivity index (χ0n) is 18.0. The number of fused-ring (bicyclic) bond motifs is 2. The first kappa shape index (κ1) is 19.0. The normalized spacial score (nSPS) is 45.3. The molecule has 2 saturated carbocycles. The van der Waals surface area contributed by atoms with Crippen molar-refractivity contribution in [2.24, 2.45) is 23.2 Å². The van der Waals surface area contributed by atoms with E-state index in [9.17, 15) is 4.79 Å². The molecule has 1 spiro atoms. The van der Waals surface area contributed by atoms with Gasteiger partial charge in [0.05, 0.1) is 12.0 Å². The van der Waals surface area contributed by atoms with Crippen LogP contribution in [0.1, 0.15) is 39.5 Å². The van der Waals surface area contributed by atoms with Crippen LogP contribution in [0.25, 0.3) is 0 Å². The van der Waals surface area contributed by atoms with Crippen LogP contribution in [0.15, 0.2) is 18.5 Å². The molecular weight excluding hydrogens is 380 g/mol. The smallest absolute Gasteiger partial charge is 0.311 e. The van der Waals surface area contributed by atoms with Gasteiger partial charge >= 0.3 is 5.97 Å². The molecule has 4 heterocycles. The minimum atomic E-state index is -0.0578. The third kappa shape index (κ3) is 2.60. The van der Waals surface area contributed by atoms with Crippen molar-refractivity contribution in [1.82, 2.24) is 14.9 Å². The van der Waals surface area contributed by atoms with Crippen molar-refractivity contribution in [1.29, 1.82) is 0 Å². The van der Waals surface area contributed by atoms with Crippen LogP contribution < -0.4 is 4.90 Å². The van der Waals surface area contributed by atoms with Gasteiger partial charge in [0.15, 0.2) is 0 Å². The van der Waals surface area contributed by atoms with E-state index >= 15 is 0 Å². The molecule has 3 saturated heterocycles. The Kier molecular flexibility index (Phi) is 4.20. The highest BCUT2D eigenvalue weighted by molar-refractivity contribution is 5.76. The van der Waals surface area contributed by atoms with Crippen LogP contribution >= 0.6 is 0 Å². The van der Waals surface area contributed by atoms with Gasteiger partial charge in [0.25, 0.3) is 0 Å². The number of hydrogen-bond acceptors (Lipinski definition) is 7. The van der Waals surface area contributed by atoms with Crippen LogP contribution in [-0.4, -0.2) is 71.4 Å². The standard InChI is InChI=1S/C23H32N4O3/c1-15-5-3-6-22(2)13-17-18(19-23(15,22)30-19)16(20(28)29-17)14-26-9-11-27(12-10-26)21-24-7-4-8-25-21/h4,7-8,15-19H,3,5-6,9-14H2,1-2H3/t15-,16+,17+,18+,19+,22+,23+/m0/s1. The van der Waals surface area contributed by atoms with Gasteiger partial charge in [-0.05, 0) is 31.2 Å². The van der Waals surface area contributed by atoms with Crippen molar-refractivity contribution in [2.45, 2.75) is 57.3 Å². The lowest BCUT2D eigenvalue weighted by Gasteiger charge is -2.49. The summed E-state index contributed by atoms with van der Waals surface area (Å²) in [5, 5.41) is 0. The number of ether oxygens (including phenoxy) is 2. The lowest BCUT2D eigenvalue weighted by molar-refractivity contribution is -0.146. The summed E-state index contributed by atoms with van der Waals surface area (Å²) in [6, 6.07) is 1.84. The maximum absolute atomic E-state index is 12.9. The summed E-state index contributed by atoms with van der Waals surface area (Å²) < 4.78 is 12.5. The third-order valence-corrected chi connectivity index (χ3v) is 8.86. The van der Waals surface area contributed by atoms with E-state index in [2.05, 4.69) is 33.6 Å². The predicted molar refractivity (Wildman–Crippen MR) is 111 cm³/mol. The fraction of sp³-hybridized carbons (Fsp3) is 0.783. The van der Waals surface area contributed by atoms with E-state index in [-0.39, 0.29) is 41.0 Å². The summed E-state index contributed by atoms with van der Waals surface area (Å²) in [6.07, 6.45) is 8.49. The molecule has 5 fully saturated rings. The Balaban J connectivity index is 1.15.